The van der Waals surface area contributed by atoms with Crippen molar-refractivity contribution in [3.63, 3.8) is 0 Å². The number of nitrogens with zero attached hydrogens (tertiary/aromatic N) is 2. The Balaban J connectivity index is 1.61. The lowest BCUT2D eigenvalue weighted by Crippen LogP contribution is -2.59. The van der Waals surface area contributed by atoms with Crippen molar-refractivity contribution in [3.05, 3.63) is 60.2 Å². The summed E-state index contributed by atoms with van der Waals surface area (Å²) in [6.45, 7) is 4.69. The molecule has 1 N–H and O–H groups in total. The first-order valence-electron chi connectivity index (χ1n) is 13.4. The van der Waals surface area contributed by atoms with E-state index in [9.17, 15) is 19.5 Å². The lowest BCUT2D eigenvalue weighted by molar-refractivity contribution is -0.157. The molecule has 0 saturated carbocycles. The second kappa shape index (κ2) is 10.4. The average molecular weight is 509 g/mol. The van der Waals surface area contributed by atoms with Gasteiger partial charge in [-0.3, -0.25) is 14.4 Å². The molecule has 8 nitrogen and oxygen atoms in total. The lowest BCUT2D eigenvalue weighted by Gasteiger charge is -2.40. The van der Waals surface area contributed by atoms with E-state index < -0.39 is 41.6 Å². The number of aliphatic hydroxyl groups is 1. The van der Waals surface area contributed by atoms with Gasteiger partial charge in [-0.2, -0.15) is 0 Å². The van der Waals surface area contributed by atoms with Crippen LogP contribution in [0.25, 0.3) is 0 Å². The van der Waals surface area contributed by atoms with E-state index >= 15 is 0 Å². The summed E-state index contributed by atoms with van der Waals surface area (Å²) in [6.07, 6.45) is 9.01. The van der Waals surface area contributed by atoms with E-state index in [0.29, 0.717) is 19.5 Å². The molecule has 4 heterocycles. The van der Waals surface area contributed by atoms with Crippen LogP contribution in [0, 0.1) is 17.8 Å². The van der Waals surface area contributed by atoms with Gasteiger partial charge < -0.3 is 24.4 Å². The molecule has 8 heteroatoms. The molecule has 7 atom stereocenters. The van der Waals surface area contributed by atoms with Crippen LogP contribution in [0.1, 0.15) is 38.7 Å². The number of ether oxygens (including phenoxy) is 2. The zero-order valence-electron chi connectivity index (χ0n) is 21.5. The maximum Gasteiger partial charge on any atom is 0.312 e. The first-order valence-corrected chi connectivity index (χ1v) is 13.4. The van der Waals surface area contributed by atoms with Gasteiger partial charge >= 0.3 is 5.97 Å². The van der Waals surface area contributed by atoms with Crippen LogP contribution in [0.5, 0.6) is 0 Å². The van der Waals surface area contributed by atoms with Crippen molar-refractivity contribution >= 4 is 17.8 Å². The molecule has 1 spiro atoms. The fourth-order valence-corrected chi connectivity index (χ4v) is 6.36. The Morgan fingerprint density at radius 1 is 1.14 bits per heavy atom. The molecule has 4 aliphatic rings. The van der Waals surface area contributed by atoms with Gasteiger partial charge in [0.25, 0.3) is 0 Å². The van der Waals surface area contributed by atoms with Gasteiger partial charge in [-0.25, -0.2) is 0 Å². The number of fused-ring (bicyclic) bond motifs is 2. The first kappa shape index (κ1) is 25.7. The topological polar surface area (TPSA) is 96.4 Å². The van der Waals surface area contributed by atoms with Crippen molar-refractivity contribution in [1.29, 1.82) is 0 Å². The Bertz CT molecular complexity index is 1090. The highest BCUT2D eigenvalue weighted by atomic mass is 16.6. The van der Waals surface area contributed by atoms with Crippen LogP contribution < -0.4 is 0 Å². The average Bonchev–Trinajstić information content (AvgIpc) is 3.32. The summed E-state index contributed by atoms with van der Waals surface area (Å²) < 4.78 is 12.2. The van der Waals surface area contributed by atoms with Gasteiger partial charge in [-0.1, -0.05) is 74.9 Å². The Kier molecular flexibility index (Phi) is 7.23. The summed E-state index contributed by atoms with van der Waals surface area (Å²) in [5.41, 5.74) is -0.344. The molecule has 1 aromatic rings. The number of rotatable bonds is 6. The molecular formula is C29H36N2O6. The Morgan fingerprint density at radius 3 is 2.65 bits per heavy atom. The van der Waals surface area contributed by atoms with Crippen molar-refractivity contribution < 1.29 is 29.0 Å². The molecule has 0 aromatic heterocycles. The van der Waals surface area contributed by atoms with E-state index in [1.807, 2.05) is 68.5 Å². The first-order chi connectivity index (χ1) is 17.9. The summed E-state index contributed by atoms with van der Waals surface area (Å²) in [7, 11) is 0. The fraction of sp³-hybridized carbons (Fsp3) is 0.552. The molecule has 37 heavy (non-hydrogen) atoms. The number of carbonyl (C=O) groups is 3. The second-order valence-electron chi connectivity index (χ2n) is 10.6. The molecule has 0 aliphatic carbocycles. The van der Waals surface area contributed by atoms with Gasteiger partial charge in [0, 0.05) is 13.1 Å². The van der Waals surface area contributed by atoms with Crippen LogP contribution in [-0.4, -0.2) is 76.2 Å². The van der Waals surface area contributed by atoms with Gasteiger partial charge in [0.15, 0.2) is 0 Å². The number of allylic oxidation sites excluding steroid dienone is 1. The molecule has 0 radical (unpaired) electrons. The normalized spacial score (nSPS) is 33.9. The number of hydrogen-bond donors (Lipinski definition) is 1. The standard InChI is InChI=1S/C29H36N2O6/c1-3-19(2)21(18-32)31-25-27(34)30(17-20-11-6-4-7-12-20)15-10-14-29(25)24(26(31)33)23-22(37-29)13-8-5-9-16-36-28(23)35/h4,6-8,10-14,19,21-25,32H,3,5,9,15-18H2,1-2H3/b13-8-/t19-,21-,22-,23+,24-,25?,29-/m0/s1. The maximum absolute atomic E-state index is 14.3. The summed E-state index contributed by atoms with van der Waals surface area (Å²) in [6, 6.07) is 8.14. The van der Waals surface area contributed by atoms with Gasteiger partial charge in [0.05, 0.1) is 31.3 Å². The van der Waals surface area contributed by atoms with Crippen molar-refractivity contribution in [2.75, 3.05) is 19.8 Å². The van der Waals surface area contributed by atoms with E-state index in [0.717, 1.165) is 18.4 Å². The number of likely N-dealkylation sites (tertiary alicyclic amines) is 1. The monoisotopic (exact) mass is 508 g/mol. The number of esters is 1. The Labute approximate surface area is 217 Å². The van der Waals surface area contributed by atoms with Gasteiger partial charge in [0.1, 0.15) is 17.6 Å². The molecule has 4 aliphatic heterocycles. The number of hydrogen-bond acceptors (Lipinski definition) is 6. The minimum atomic E-state index is -1.32. The summed E-state index contributed by atoms with van der Waals surface area (Å²) >= 11 is 0. The lowest BCUT2D eigenvalue weighted by atomic mass is 9.78. The third-order valence-electron chi connectivity index (χ3n) is 8.43. The van der Waals surface area contributed by atoms with Crippen molar-refractivity contribution in [3.8, 4) is 0 Å². The van der Waals surface area contributed by atoms with Crippen molar-refractivity contribution in [2.24, 2.45) is 17.8 Å². The highest BCUT2D eigenvalue weighted by Crippen LogP contribution is 2.54. The molecule has 2 fully saturated rings. The molecule has 2 saturated heterocycles. The van der Waals surface area contributed by atoms with E-state index in [4.69, 9.17) is 9.47 Å². The van der Waals surface area contributed by atoms with Crippen LogP contribution >= 0.6 is 0 Å². The Hall–Kier alpha value is -2.97. The number of aliphatic hydroxyl groups excluding tert-OH is 1. The molecule has 1 aromatic carbocycles. The third kappa shape index (κ3) is 4.30. The van der Waals surface area contributed by atoms with Crippen LogP contribution in [0.15, 0.2) is 54.6 Å². The number of benzene rings is 1. The zero-order chi connectivity index (χ0) is 26.2. The quantitative estimate of drug-likeness (QED) is 0.469. The minimum Gasteiger partial charge on any atom is -0.465 e. The summed E-state index contributed by atoms with van der Waals surface area (Å²) in [4.78, 5) is 45.2. The van der Waals surface area contributed by atoms with Crippen LogP contribution in [0.2, 0.25) is 0 Å². The van der Waals surface area contributed by atoms with E-state index in [2.05, 4.69) is 0 Å². The van der Waals surface area contributed by atoms with Crippen LogP contribution in [0.3, 0.4) is 0 Å². The summed E-state index contributed by atoms with van der Waals surface area (Å²) in [5, 5.41) is 10.4. The zero-order valence-corrected chi connectivity index (χ0v) is 21.5. The highest BCUT2D eigenvalue weighted by Gasteiger charge is 2.72. The molecule has 0 bridgehead atoms. The number of amides is 2. The Morgan fingerprint density at radius 2 is 1.92 bits per heavy atom. The predicted molar refractivity (Wildman–Crippen MR) is 136 cm³/mol. The fourth-order valence-electron chi connectivity index (χ4n) is 6.36. The largest absolute Gasteiger partial charge is 0.465 e. The molecule has 198 valence electrons. The highest BCUT2D eigenvalue weighted by molar-refractivity contribution is 5.99. The van der Waals surface area contributed by atoms with Crippen molar-refractivity contribution in [1.82, 2.24) is 9.80 Å². The van der Waals surface area contributed by atoms with Crippen LogP contribution in [0.4, 0.5) is 0 Å². The van der Waals surface area contributed by atoms with E-state index in [1.165, 1.54) is 4.90 Å². The maximum atomic E-state index is 14.3. The van der Waals surface area contributed by atoms with Crippen molar-refractivity contribution in [2.45, 2.75) is 63.4 Å². The minimum absolute atomic E-state index is 0.0596. The SMILES string of the molecule is CC[C@H](C)[C@H](CO)N1C(=O)[C@@H]2[C@@H]3C(=O)OCCC/C=C\[C@@H]3O[C@@]23C=CCN(Cc2ccccc2)C(=O)C13. The van der Waals surface area contributed by atoms with Gasteiger partial charge in [-0.15, -0.1) is 0 Å². The molecule has 1 unspecified atom stereocenters. The van der Waals surface area contributed by atoms with Gasteiger partial charge in [-0.05, 0) is 24.3 Å². The van der Waals surface area contributed by atoms with E-state index in [-0.39, 0.29) is 30.9 Å². The second-order valence-corrected chi connectivity index (χ2v) is 10.6. The number of carbonyl (C=O) groups excluding carboxylic acids is 3. The molecule has 2 amide bonds. The smallest absolute Gasteiger partial charge is 0.312 e. The van der Waals surface area contributed by atoms with Crippen LogP contribution in [-0.2, 0) is 30.4 Å². The molecular weight excluding hydrogens is 472 g/mol. The predicted octanol–water partition coefficient (Wildman–Crippen LogP) is 2.47. The van der Waals surface area contributed by atoms with E-state index in [1.54, 1.807) is 4.90 Å². The molecule has 5 rings (SSSR count). The summed E-state index contributed by atoms with van der Waals surface area (Å²) in [5.74, 6) is -2.87. The number of cyclic esters (lactones) is 1. The van der Waals surface area contributed by atoms with Gasteiger partial charge in [0.2, 0.25) is 11.8 Å². The third-order valence-corrected chi connectivity index (χ3v) is 8.43.